The Morgan fingerprint density at radius 2 is 2.18 bits per heavy atom. The van der Waals surface area contributed by atoms with Crippen molar-refractivity contribution in [3.63, 3.8) is 0 Å². The summed E-state index contributed by atoms with van der Waals surface area (Å²) < 4.78 is 0. The molecule has 0 aliphatic carbocycles. The van der Waals surface area contributed by atoms with Gasteiger partial charge in [-0.1, -0.05) is 6.07 Å². The third kappa shape index (κ3) is 2.29. The molecule has 5 nitrogen and oxygen atoms in total. The summed E-state index contributed by atoms with van der Waals surface area (Å²) in [6, 6.07) is 3.79. The number of hydrogen-bond acceptors (Lipinski definition) is 4. The predicted octanol–water partition coefficient (Wildman–Crippen LogP) is 1.21. The summed E-state index contributed by atoms with van der Waals surface area (Å²) in [5.41, 5.74) is 6.32. The van der Waals surface area contributed by atoms with Crippen molar-refractivity contribution in [1.82, 2.24) is 5.01 Å². The fraction of sp³-hybridized carbons (Fsp3) is 0.333. The second-order valence-corrected chi connectivity index (χ2v) is 4.29. The van der Waals surface area contributed by atoms with Crippen molar-refractivity contribution in [3.05, 3.63) is 28.8 Å². The Morgan fingerprint density at radius 3 is 2.82 bits per heavy atom. The molecule has 90 valence electrons. The van der Waals surface area contributed by atoms with Gasteiger partial charge in [0.05, 0.1) is 12.2 Å². The number of carbonyl (C=O) groups is 2. The van der Waals surface area contributed by atoms with Crippen LogP contribution >= 0.6 is 0 Å². The average Bonchev–Trinajstić information content (AvgIpc) is 2.19. The van der Waals surface area contributed by atoms with Crippen LogP contribution in [0.4, 0.5) is 5.69 Å². The largest absolute Gasteiger partial charge is 0.480 e. The molecule has 2 rings (SSSR count). The van der Waals surface area contributed by atoms with Crippen molar-refractivity contribution in [2.24, 2.45) is 0 Å². The summed E-state index contributed by atoms with van der Waals surface area (Å²) in [6.45, 7) is 3.72. The number of aryl methyl sites for hydroxylation is 2. The fourth-order valence-electron chi connectivity index (χ4n) is 2.05. The lowest BCUT2D eigenvalue weighted by atomic mass is 9.99. The predicted molar refractivity (Wildman–Crippen MR) is 63.1 cm³/mol. The van der Waals surface area contributed by atoms with Gasteiger partial charge in [-0.25, -0.2) is 5.01 Å². The average molecular weight is 234 g/mol. The molecule has 5 heteroatoms. The number of Topliss-reactive ketones (excluding diaryl/α,β-unsaturated/α-hetero) is 1. The summed E-state index contributed by atoms with van der Waals surface area (Å²) in [4.78, 5) is 22.5. The smallest absolute Gasteiger partial charge is 0.319 e. The van der Waals surface area contributed by atoms with Crippen LogP contribution in [0.15, 0.2) is 12.1 Å². The Bertz CT molecular complexity index is 497. The number of aliphatic carboxylic acids is 1. The van der Waals surface area contributed by atoms with Gasteiger partial charge in [-0.3, -0.25) is 9.59 Å². The maximum absolute atomic E-state index is 11.9. The summed E-state index contributed by atoms with van der Waals surface area (Å²) in [7, 11) is 0. The SMILES string of the molecule is Cc1cc(C)c2c(c1)C(=O)CN(CC(=O)O)N2. The number of anilines is 1. The molecular weight excluding hydrogens is 220 g/mol. The minimum absolute atomic E-state index is 0.0493. The van der Waals surface area contributed by atoms with E-state index >= 15 is 0 Å². The number of rotatable bonds is 2. The number of hydrazine groups is 1. The van der Waals surface area contributed by atoms with E-state index in [2.05, 4.69) is 5.43 Å². The van der Waals surface area contributed by atoms with Gasteiger partial charge in [0.25, 0.3) is 0 Å². The molecule has 1 heterocycles. The number of ketones is 1. The molecule has 1 aliphatic heterocycles. The number of hydrogen-bond donors (Lipinski definition) is 2. The Kier molecular flexibility index (Phi) is 2.85. The Balaban J connectivity index is 2.36. The van der Waals surface area contributed by atoms with E-state index in [0.29, 0.717) is 11.3 Å². The number of carbonyl (C=O) groups excluding carboxylic acids is 1. The van der Waals surface area contributed by atoms with Crippen LogP contribution in [0.2, 0.25) is 0 Å². The summed E-state index contributed by atoms with van der Waals surface area (Å²) in [5.74, 6) is -1.01. The molecule has 0 saturated heterocycles. The first kappa shape index (κ1) is 11.6. The van der Waals surface area contributed by atoms with Gasteiger partial charge in [-0.05, 0) is 31.0 Å². The number of nitrogens with one attached hydrogen (secondary N) is 1. The molecule has 0 fully saturated rings. The van der Waals surface area contributed by atoms with E-state index in [9.17, 15) is 9.59 Å². The Labute approximate surface area is 99.0 Å². The molecule has 0 spiro atoms. The Morgan fingerprint density at radius 1 is 1.47 bits per heavy atom. The second kappa shape index (κ2) is 4.18. The van der Waals surface area contributed by atoms with Gasteiger partial charge in [0, 0.05) is 5.56 Å². The summed E-state index contributed by atoms with van der Waals surface area (Å²) >= 11 is 0. The van der Waals surface area contributed by atoms with Crippen LogP contribution in [-0.4, -0.2) is 35.0 Å². The van der Waals surface area contributed by atoms with Crippen LogP contribution in [0.3, 0.4) is 0 Å². The van der Waals surface area contributed by atoms with Gasteiger partial charge in [-0.15, -0.1) is 0 Å². The van der Waals surface area contributed by atoms with Crippen LogP contribution in [0.25, 0.3) is 0 Å². The maximum atomic E-state index is 11.9. The number of fused-ring (bicyclic) bond motifs is 1. The third-order valence-electron chi connectivity index (χ3n) is 2.71. The van der Waals surface area contributed by atoms with E-state index in [1.54, 1.807) is 0 Å². The third-order valence-corrected chi connectivity index (χ3v) is 2.71. The molecule has 0 saturated carbocycles. The first-order chi connectivity index (χ1) is 7.97. The lowest BCUT2D eigenvalue weighted by molar-refractivity contribution is -0.137. The number of carboxylic acids is 1. The molecule has 17 heavy (non-hydrogen) atoms. The number of nitrogens with zero attached hydrogens (tertiary/aromatic N) is 1. The monoisotopic (exact) mass is 234 g/mol. The fourth-order valence-corrected chi connectivity index (χ4v) is 2.05. The van der Waals surface area contributed by atoms with Gasteiger partial charge in [0.2, 0.25) is 0 Å². The minimum Gasteiger partial charge on any atom is -0.480 e. The van der Waals surface area contributed by atoms with Crippen LogP contribution in [-0.2, 0) is 4.79 Å². The zero-order valence-electron chi connectivity index (χ0n) is 9.78. The molecule has 0 unspecified atom stereocenters. The number of carboxylic acid groups (broad SMARTS) is 1. The molecule has 1 aliphatic rings. The van der Waals surface area contributed by atoms with Crippen molar-refractivity contribution >= 4 is 17.4 Å². The second-order valence-electron chi connectivity index (χ2n) is 4.29. The Hall–Kier alpha value is -1.88. The van der Waals surface area contributed by atoms with Crippen molar-refractivity contribution in [1.29, 1.82) is 0 Å². The number of benzene rings is 1. The molecule has 0 amide bonds. The summed E-state index contributed by atoms with van der Waals surface area (Å²) in [6.07, 6.45) is 0. The zero-order valence-corrected chi connectivity index (χ0v) is 9.78. The topological polar surface area (TPSA) is 69.6 Å². The highest BCUT2D eigenvalue weighted by atomic mass is 16.4. The van der Waals surface area contributed by atoms with Crippen molar-refractivity contribution in [2.45, 2.75) is 13.8 Å². The molecule has 0 radical (unpaired) electrons. The van der Waals surface area contributed by atoms with Crippen molar-refractivity contribution in [3.8, 4) is 0 Å². The van der Waals surface area contributed by atoms with Gasteiger partial charge >= 0.3 is 5.97 Å². The van der Waals surface area contributed by atoms with Crippen molar-refractivity contribution in [2.75, 3.05) is 18.5 Å². The molecule has 2 N–H and O–H groups in total. The van der Waals surface area contributed by atoms with E-state index in [-0.39, 0.29) is 18.9 Å². The molecule has 0 atom stereocenters. The van der Waals surface area contributed by atoms with Crippen molar-refractivity contribution < 1.29 is 14.7 Å². The first-order valence-corrected chi connectivity index (χ1v) is 5.35. The van der Waals surface area contributed by atoms with Crippen LogP contribution < -0.4 is 5.43 Å². The lowest BCUT2D eigenvalue weighted by Gasteiger charge is -2.29. The highest BCUT2D eigenvalue weighted by Gasteiger charge is 2.25. The van der Waals surface area contributed by atoms with Gasteiger partial charge < -0.3 is 10.5 Å². The van der Waals surface area contributed by atoms with Gasteiger partial charge in [0.1, 0.15) is 6.54 Å². The van der Waals surface area contributed by atoms with Gasteiger partial charge in [0.15, 0.2) is 5.78 Å². The van der Waals surface area contributed by atoms with E-state index in [1.165, 1.54) is 5.01 Å². The summed E-state index contributed by atoms with van der Waals surface area (Å²) in [5, 5.41) is 10.1. The van der Waals surface area contributed by atoms with Crippen LogP contribution in [0, 0.1) is 13.8 Å². The van der Waals surface area contributed by atoms with E-state index in [0.717, 1.165) is 11.1 Å². The first-order valence-electron chi connectivity index (χ1n) is 5.35. The zero-order chi connectivity index (χ0) is 12.6. The lowest BCUT2D eigenvalue weighted by Crippen LogP contribution is -2.43. The molecule has 0 bridgehead atoms. The van der Waals surface area contributed by atoms with Gasteiger partial charge in [-0.2, -0.15) is 0 Å². The van der Waals surface area contributed by atoms with Crippen LogP contribution in [0.5, 0.6) is 0 Å². The van der Waals surface area contributed by atoms with E-state index < -0.39 is 5.97 Å². The highest BCUT2D eigenvalue weighted by molar-refractivity contribution is 6.04. The van der Waals surface area contributed by atoms with E-state index in [4.69, 9.17) is 5.11 Å². The highest BCUT2D eigenvalue weighted by Crippen LogP contribution is 2.27. The molecule has 1 aromatic rings. The molecular formula is C12H14N2O3. The van der Waals surface area contributed by atoms with E-state index in [1.807, 2.05) is 26.0 Å². The quantitative estimate of drug-likeness (QED) is 0.805. The molecule has 1 aromatic carbocycles. The minimum atomic E-state index is -0.960. The standard InChI is InChI=1S/C12H14N2O3/c1-7-3-8(2)12-9(4-7)10(15)5-14(13-12)6-11(16)17/h3-4,13H,5-6H2,1-2H3,(H,16,17). The van der Waals surface area contributed by atoms with Crippen LogP contribution in [0.1, 0.15) is 21.5 Å². The maximum Gasteiger partial charge on any atom is 0.319 e. The molecule has 0 aromatic heterocycles. The normalized spacial score (nSPS) is 15.3.